The molecule has 0 aliphatic carbocycles. The maximum absolute atomic E-state index is 5.78. The SMILES string of the molecule is Cc1cc(C)cc(CSc2ccc(CCl)cc2)c1. The highest BCUT2D eigenvalue weighted by atomic mass is 35.5. The fourth-order valence-corrected chi connectivity index (χ4v) is 3.00. The molecule has 0 saturated carbocycles. The predicted molar refractivity (Wildman–Crippen MR) is 81.5 cm³/mol. The molecule has 0 amide bonds. The van der Waals surface area contributed by atoms with Crippen LogP contribution in [0, 0.1) is 13.8 Å². The van der Waals surface area contributed by atoms with Crippen LogP contribution in [0.2, 0.25) is 0 Å². The Bertz CT molecular complexity index is 497. The van der Waals surface area contributed by atoms with Crippen molar-refractivity contribution >= 4 is 23.4 Å². The molecule has 0 radical (unpaired) electrons. The summed E-state index contributed by atoms with van der Waals surface area (Å²) in [7, 11) is 0. The second-order valence-electron chi connectivity index (χ2n) is 4.56. The zero-order valence-electron chi connectivity index (χ0n) is 10.7. The third-order valence-corrected chi connectivity index (χ3v) is 4.16. The van der Waals surface area contributed by atoms with Crippen LogP contribution >= 0.6 is 23.4 Å². The fourth-order valence-electron chi connectivity index (χ4n) is 1.99. The molecule has 0 nitrogen and oxygen atoms in total. The number of hydrogen-bond donors (Lipinski definition) is 0. The lowest BCUT2D eigenvalue weighted by Crippen LogP contribution is -1.85. The Hall–Kier alpha value is -0.920. The van der Waals surface area contributed by atoms with Gasteiger partial charge in [0.25, 0.3) is 0 Å². The van der Waals surface area contributed by atoms with Gasteiger partial charge in [-0.1, -0.05) is 41.5 Å². The van der Waals surface area contributed by atoms with Gasteiger partial charge in [-0.3, -0.25) is 0 Å². The molecular weight excluding hydrogens is 260 g/mol. The molecule has 0 heterocycles. The summed E-state index contributed by atoms with van der Waals surface area (Å²) in [6.07, 6.45) is 0. The molecule has 0 N–H and O–H groups in total. The Morgan fingerprint density at radius 1 is 0.889 bits per heavy atom. The molecule has 0 fully saturated rings. The van der Waals surface area contributed by atoms with E-state index in [1.165, 1.54) is 27.1 Å². The predicted octanol–water partition coefficient (Wildman–Crippen LogP) is 5.33. The molecule has 0 aromatic heterocycles. The number of thioether (sulfide) groups is 1. The quantitative estimate of drug-likeness (QED) is 0.537. The molecule has 0 bridgehead atoms. The summed E-state index contributed by atoms with van der Waals surface area (Å²) in [5, 5.41) is 0. The van der Waals surface area contributed by atoms with Crippen LogP contribution in [0.3, 0.4) is 0 Å². The summed E-state index contributed by atoms with van der Waals surface area (Å²) in [5.41, 5.74) is 5.23. The highest BCUT2D eigenvalue weighted by Gasteiger charge is 1.99. The molecule has 0 spiro atoms. The Kier molecular flexibility index (Phi) is 4.73. The van der Waals surface area contributed by atoms with E-state index in [1.807, 2.05) is 11.8 Å². The van der Waals surface area contributed by atoms with Crippen LogP contribution in [0.4, 0.5) is 0 Å². The van der Waals surface area contributed by atoms with Crippen molar-refractivity contribution < 1.29 is 0 Å². The molecule has 2 aromatic carbocycles. The van der Waals surface area contributed by atoms with Gasteiger partial charge in [0.05, 0.1) is 0 Å². The van der Waals surface area contributed by atoms with Gasteiger partial charge in [0.15, 0.2) is 0 Å². The lowest BCUT2D eigenvalue weighted by atomic mass is 10.1. The maximum Gasteiger partial charge on any atom is 0.0474 e. The van der Waals surface area contributed by atoms with Crippen LogP contribution in [0.1, 0.15) is 22.3 Å². The number of halogens is 1. The summed E-state index contributed by atoms with van der Waals surface area (Å²) in [5.74, 6) is 1.60. The third kappa shape index (κ3) is 3.79. The van der Waals surface area contributed by atoms with E-state index in [0.717, 1.165) is 5.75 Å². The van der Waals surface area contributed by atoms with Crippen molar-refractivity contribution in [2.45, 2.75) is 30.4 Å². The molecule has 2 heteroatoms. The zero-order valence-corrected chi connectivity index (χ0v) is 12.3. The van der Waals surface area contributed by atoms with Gasteiger partial charge >= 0.3 is 0 Å². The van der Waals surface area contributed by atoms with Gasteiger partial charge < -0.3 is 0 Å². The number of rotatable bonds is 4. The summed E-state index contributed by atoms with van der Waals surface area (Å²) in [6.45, 7) is 4.30. The number of aryl methyl sites for hydroxylation is 2. The van der Waals surface area contributed by atoms with Crippen molar-refractivity contribution in [2.24, 2.45) is 0 Å². The fraction of sp³-hybridized carbons (Fsp3) is 0.250. The van der Waals surface area contributed by atoms with Crippen molar-refractivity contribution in [2.75, 3.05) is 0 Å². The second kappa shape index (κ2) is 6.31. The van der Waals surface area contributed by atoms with Crippen LogP contribution < -0.4 is 0 Å². The first-order chi connectivity index (χ1) is 8.67. The number of benzene rings is 2. The van der Waals surface area contributed by atoms with Gasteiger partial charge in [-0.15, -0.1) is 23.4 Å². The summed E-state index contributed by atoms with van der Waals surface area (Å²) < 4.78 is 0. The molecule has 94 valence electrons. The highest BCUT2D eigenvalue weighted by molar-refractivity contribution is 7.98. The zero-order chi connectivity index (χ0) is 13.0. The van der Waals surface area contributed by atoms with Crippen LogP contribution in [-0.2, 0) is 11.6 Å². The summed E-state index contributed by atoms with van der Waals surface area (Å²) in [4.78, 5) is 1.29. The molecule has 0 saturated heterocycles. The van der Waals surface area contributed by atoms with Gasteiger partial charge in [-0.2, -0.15) is 0 Å². The molecule has 0 unspecified atom stereocenters. The first-order valence-corrected chi connectivity index (χ1v) is 7.54. The van der Waals surface area contributed by atoms with Gasteiger partial charge in [0, 0.05) is 16.5 Å². The second-order valence-corrected chi connectivity index (χ2v) is 5.88. The largest absolute Gasteiger partial charge is 0.122 e. The molecule has 2 rings (SSSR count). The van der Waals surface area contributed by atoms with E-state index in [9.17, 15) is 0 Å². The minimum absolute atomic E-state index is 0.585. The van der Waals surface area contributed by atoms with E-state index in [4.69, 9.17) is 11.6 Å². The first kappa shape index (κ1) is 13.5. The molecule has 2 aromatic rings. The summed E-state index contributed by atoms with van der Waals surface area (Å²) >= 11 is 7.65. The third-order valence-electron chi connectivity index (χ3n) is 2.76. The summed E-state index contributed by atoms with van der Waals surface area (Å²) in [6, 6.07) is 15.2. The normalized spacial score (nSPS) is 10.6. The van der Waals surface area contributed by atoms with E-state index in [-0.39, 0.29) is 0 Å². The molecule has 18 heavy (non-hydrogen) atoms. The molecular formula is C16H17ClS. The minimum Gasteiger partial charge on any atom is -0.122 e. The minimum atomic E-state index is 0.585. The average molecular weight is 277 g/mol. The monoisotopic (exact) mass is 276 g/mol. The van der Waals surface area contributed by atoms with Crippen molar-refractivity contribution in [1.82, 2.24) is 0 Å². The van der Waals surface area contributed by atoms with Gasteiger partial charge in [-0.25, -0.2) is 0 Å². The maximum atomic E-state index is 5.78. The topological polar surface area (TPSA) is 0 Å². The van der Waals surface area contributed by atoms with E-state index >= 15 is 0 Å². The van der Waals surface area contributed by atoms with E-state index < -0.39 is 0 Å². The van der Waals surface area contributed by atoms with Crippen molar-refractivity contribution in [1.29, 1.82) is 0 Å². The average Bonchev–Trinajstić information content (AvgIpc) is 2.36. The molecule has 0 atom stereocenters. The molecule has 0 aliphatic heterocycles. The van der Waals surface area contributed by atoms with E-state index in [2.05, 4.69) is 56.3 Å². The van der Waals surface area contributed by atoms with Crippen molar-refractivity contribution in [3.8, 4) is 0 Å². The lowest BCUT2D eigenvalue weighted by Gasteiger charge is -2.05. The Labute approximate surface area is 118 Å². The van der Waals surface area contributed by atoms with Crippen LogP contribution in [-0.4, -0.2) is 0 Å². The van der Waals surface area contributed by atoms with Crippen LogP contribution in [0.5, 0.6) is 0 Å². The van der Waals surface area contributed by atoms with Gasteiger partial charge in [0.1, 0.15) is 0 Å². The van der Waals surface area contributed by atoms with Crippen LogP contribution in [0.15, 0.2) is 47.4 Å². The number of hydrogen-bond acceptors (Lipinski definition) is 1. The van der Waals surface area contributed by atoms with Crippen LogP contribution in [0.25, 0.3) is 0 Å². The van der Waals surface area contributed by atoms with Crippen molar-refractivity contribution in [3.63, 3.8) is 0 Å². The van der Waals surface area contributed by atoms with Gasteiger partial charge in [-0.05, 0) is 37.1 Å². The van der Waals surface area contributed by atoms with E-state index in [0.29, 0.717) is 5.88 Å². The Morgan fingerprint density at radius 3 is 2.06 bits per heavy atom. The Balaban J connectivity index is 2.01. The molecule has 0 aliphatic rings. The smallest absolute Gasteiger partial charge is 0.0474 e. The standard InChI is InChI=1S/C16H17ClS/c1-12-7-13(2)9-15(8-12)11-18-16-5-3-14(10-17)4-6-16/h3-9H,10-11H2,1-2H3. The van der Waals surface area contributed by atoms with Crippen molar-refractivity contribution in [3.05, 3.63) is 64.7 Å². The first-order valence-electron chi connectivity index (χ1n) is 6.02. The lowest BCUT2D eigenvalue weighted by molar-refractivity contribution is 1.29. The van der Waals surface area contributed by atoms with Gasteiger partial charge in [0.2, 0.25) is 0 Å². The Morgan fingerprint density at radius 2 is 1.50 bits per heavy atom. The van der Waals surface area contributed by atoms with E-state index in [1.54, 1.807) is 0 Å². The number of alkyl halides is 1. The highest BCUT2D eigenvalue weighted by Crippen LogP contribution is 2.24.